The number of benzene rings is 1. The molecule has 0 unspecified atom stereocenters. The van der Waals surface area contributed by atoms with E-state index < -0.39 is 14.9 Å². The van der Waals surface area contributed by atoms with Crippen LogP contribution in [0, 0.1) is 17.0 Å². The predicted octanol–water partition coefficient (Wildman–Crippen LogP) is 2.06. The fourth-order valence-corrected chi connectivity index (χ4v) is 5.04. The lowest BCUT2D eigenvalue weighted by Gasteiger charge is -2.33. The van der Waals surface area contributed by atoms with Gasteiger partial charge in [0.1, 0.15) is 0 Å². The Bertz CT molecular complexity index is 669. The number of rotatable bonds is 6. The average molecular weight is 341 g/mol. The second kappa shape index (κ2) is 7.37. The van der Waals surface area contributed by atoms with Crippen molar-refractivity contribution in [2.75, 3.05) is 19.6 Å². The molecule has 1 saturated heterocycles. The zero-order valence-corrected chi connectivity index (χ0v) is 14.3. The minimum atomic E-state index is -3.75. The van der Waals surface area contributed by atoms with Gasteiger partial charge in [-0.3, -0.25) is 10.1 Å². The Kier molecular flexibility index (Phi) is 5.72. The molecule has 1 aromatic carbocycles. The number of hydrogen-bond acceptors (Lipinski definition) is 5. The monoisotopic (exact) mass is 341 g/mol. The van der Waals surface area contributed by atoms with Gasteiger partial charge in [0, 0.05) is 24.2 Å². The maximum Gasteiger partial charge on any atom is 0.273 e. The van der Waals surface area contributed by atoms with E-state index in [0.717, 1.165) is 25.9 Å². The van der Waals surface area contributed by atoms with E-state index in [2.05, 4.69) is 5.32 Å². The largest absolute Gasteiger partial charge is 0.317 e. The fourth-order valence-electron chi connectivity index (χ4n) is 3.02. The van der Waals surface area contributed by atoms with E-state index in [1.54, 1.807) is 0 Å². The summed E-state index contributed by atoms with van der Waals surface area (Å²) in [7, 11) is -3.75. The van der Waals surface area contributed by atoms with Crippen molar-refractivity contribution in [2.24, 2.45) is 0 Å². The molecule has 0 aliphatic carbocycles. The van der Waals surface area contributed by atoms with Crippen LogP contribution < -0.4 is 5.32 Å². The van der Waals surface area contributed by atoms with Gasteiger partial charge in [0.2, 0.25) is 10.0 Å². The summed E-state index contributed by atoms with van der Waals surface area (Å²) in [6, 6.07) is 4.18. The first kappa shape index (κ1) is 17.8. The highest BCUT2D eigenvalue weighted by Gasteiger charge is 2.34. The molecule has 8 heteroatoms. The van der Waals surface area contributed by atoms with Crippen LogP contribution in [0.15, 0.2) is 23.1 Å². The molecule has 0 saturated carbocycles. The van der Waals surface area contributed by atoms with Gasteiger partial charge in [0.15, 0.2) is 0 Å². The van der Waals surface area contributed by atoms with Gasteiger partial charge in [-0.25, -0.2) is 8.42 Å². The van der Waals surface area contributed by atoms with Gasteiger partial charge < -0.3 is 5.32 Å². The van der Waals surface area contributed by atoms with Crippen LogP contribution in [-0.4, -0.2) is 43.3 Å². The van der Waals surface area contributed by atoms with E-state index in [-0.39, 0.29) is 22.2 Å². The van der Waals surface area contributed by atoms with Crippen LogP contribution in [0.1, 0.15) is 31.7 Å². The smallest absolute Gasteiger partial charge is 0.273 e. The number of nitrogens with one attached hydrogen (secondary N) is 1. The third kappa shape index (κ3) is 3.70. The summed E-state index contributed by atoms with van der Waals surface area (Å²) >= 11 is 0. The van der Waals surface area contributed by atoms with Gasteiger partial charge in [-0.1, -0.05) is 13.0 Å². The van der Waals surface area contributed by atoms with Crippen molar-refractivity contribution in [1.29, 1.82) is 0 Å². The number of nitrogens with zero attached hydrogens (tertiary/aromatic N) is 2. The Morgan fingerprint density at radius 3 is 2.57 bits per heavy atom. The Hall–Kier alpha value is -1.51. The van der Waals surface area contributed by atoms with Gasteiger partial charge >= 0.3 is 0 Å². The van der Waals surface area contributed by atoms with Gasteiger partial charge in [-0.05, 0) is 45.3 Å². The maximum absolute atomic E-state index is 13.1. The standard InChI is InChI=1S/C15H23N3O4S/c1-3-11-17(13-7-9-16-10-8-13)23(21,22)15-6-4-5-14(12(15)2)18(19)20/h4-6,13,16H,3,7-11H2,1-2H3. The van der Waals surface area contributed by atoms with Gasteiger partial charge in [-0.2, -0.15) is 4.31 Å². The van der Waals surface area contributed by atoms with Gasteiger partial charge in [0.25, 0.3) is 5.69 Å². The normalized spacial score (nSPS) is 16.7. The molecule has 0 radical (unpaired) electrons. The average Bonchev–Trinajstić information content (AvgIpc) is 2.53. The van der Waals surface area contributed by atoms with E-state index in [1.807, 2.05) is 6.92 Å². The number of sulfonamides is 1. The quantitative estimate of drug-likeness (QED) is 0.631. The van der Waals surface area contributed by atoms with Crippen LogP contribution in [-0.2, 0) is 10.0 Å². The van der Waals surface area contributed by atoms with Crippen molar-refractivity contribution in [2.45, 2.75) is 44.0 Å². The number of nitro benzene ring substituents is 1. The summed E-state index contributed by atoms with van der Waals surface area (Å²) in [5, 5.41) is 14.3. The van der Waals surface area contributed by atoms with Crippen molar-refractivity contribution in [1.82, 2.24) is 9.62 Å². The minimum absolute atomic E-state index is 0.0404. The Balaban J connectivity index is 2.45. The molecule has 0 spiro atoms. The zero-order chi connectivity index (χ0) is 17.0. The van der Waals surface area contributed by atoms with Crippen LogP contribution in [0.2, 0.25) is 0 Å². The molecule has 2 rings (SSSR count). The summed E-state index contributed by atoms with van der Waals surface area (Å²) in [6.07, 6.45) is 2.22. The molecule has 1 aliphatic rings. The highest BCUT2D eigenvalue weighted by Crippen LogP contribution is 2.29. The Morgan fingerprint density at radius 2 is 2.00 bits per heavy atom. The van der Waals surface area contributed by atoms with E-state index >= 15 is 0 Å². The van der Waals surface area contributed by atoms with Crippen molar-refractivity contribution < 1.29 is 13.3 Å². The van der Waals surface area contributed by atoms with Crippen LogP contribution in [0.4, 0.5) is 5.69 Å². The zero-order valence-electron chi connectivity index (χ0n) is 13.5. The number of nitro groups is 1. The molecule has 23 heavy (non-hydrogen) atoms. The first-order chi connectivity index (χ1) is 10.9. The molecule has 1 fully saturated rings. The van der Waals surface area contributed by atoms with E-state index in [9.17, 15) is 18.5 Å². The Labute approximate surface area is 136 Å². The first-order valence-corrected chi connectivity index (χ1v) is 9.30. The number of piperidine rings is 1. The number of hydrogen-bond donors (Lipinski definition) is 1. The fraction of sp³-hybridized carbons (Fsp3) is 0.600. The van der Waals surface area contributed by atoms with Crippen LogP contribution in [0.3, 0.4) is 0 Å². The lowest BCUT2D eigenvalue weighted by Crippen LogP contribution is -2.46. The van der Waals surface area contributed by atoms with Crippen molar-refractivity contribution >= 4 is 15.7 Å². The van der Waals surface area contributed by atoms with Crippen LogP contribution in [0.5, 0.6) is 0 Å². The molecule has 0 aromatic heterocycles. The van der Waals surface area contributed by atoms with Crippen molar-refractivity contribution in [3.05, 3.63) is 33.9 Å². The summed E-state index contributed by atoms with van der Waals surface area (Å²) in [5.41, 5.74) is 0.0420. The van der Waals surface area contributed by atoms with E-state index in [4.69, 9.17) is 0 Å². The SMILES string of the molecule is CCCN(C1CCNCC1)S(=O)(=O)c1cccc([N+](=O)[O-])c1C. The highest BCUT2D eigenvalue weighted by molar-refractivity contribution is 7.89. The first-order valence-electron chi connectivity index (χ1n) is 7.86. The third-order valence-corrected chi connectivity index (χ3v) is 6.30. The summed E-state index contributed by atoms with van der Waals surface area (Å²) in [6.45, 7) is 5.43. The molecule has 1 N–H and O–H groups in total. The molecule has 1 aliphatic heterocycles. The molecule has 7 nitrogen and oxygen atoms in total. The molecule has 0 bridgehead atoms. The molecular weight excluding hydrogens is 318 g/mol. The van der Waals surface area contributed by atoms with Crippen LogP contribution >= 0.6 is 0 Å². The molecule has 1 aromatic rings. The van der Waals surface area contributed by atoms with E-state index in [1.165, 1.54) is 29.4 Å². The topological polar surface area (TPSA) is 92.6 Å². The van der Waals surface area contributed by atoms with Crippen LogP contribution in [0.25, 0.3) is 0 Å². The Morgan fingerprint density at radius 1 is 1.35 bits per heavy atom. The summed E-state index contributed by atoms with van der Waals surface area (Å²) < 4.78 is 27.7. The van der Waals surface area contributed by atoms with Gasteiger partial charge in [0.05, 0.1) is 9.82 Å². The van der Waals surface area contributed by atoms with E-state index in [0.29, 0.717) is 13.0 Å². The summed E-state index contributed by atoms with van der Waals surface area (Å²) in [4.78, 5) is 10.6. The van der Waals surface area contributed by atoms with Crippen molar-refractivity contribution in [3.8, 4) is 0 Å². The summed E-state index contributed by atoms with van der Waals surface area (Å²) in [5.74, 6) is 0. The predicted molar refractivity (Wildman–Crippen MR) is 87.9 cm³/mol. The molecule has 1 heterocycles. The highest BCUT2D eigenvalue weighted by atomic mass is 32.2. The second-order valence-corrected chi connectivity index (χ2v) is 7.61. The maximum atomic E-state index is 13.1. The minimum Gasteiger partial charge on any atom is -0.317 e. The molecule has 0 amide bonds. The molecule has 0 atom stereocenters. The third-order valence-electron chi connectivity index (χ3n) is 4.20. The molecular formula is C15H23N3O4S. The van der Waals surface area contributed by atoms with Crippen molar-refractivity contribution in [3.63, 3.8) is 0 Å². The lowest BCUT2D eigenvalue weighted by atomic mass is 10.1. The lowest BCUT2D eigenvalue weighted by molar-refractivity contribution is -0.385. The second-order valence-electron chi connectivity index (χ2n) is 5.75. The molecule has 128 valence electrons. The van der Waals surface area contributed by atoms with Gasteiger partial charge in [-0.15, -0.1) is 0 Å².